The first-order valence-corrected chi connectivity index (χ1v) is 16.6. The van der Waals surface area contributed by atoms with E-state index in [1.807, 2.05) is 72.8 Å². The topological polar surface area (TPSA) is 67.6 Å². The molecule has 0 saturated carbocycles. The van der Waals surface area contributed by atoms with Crippen LogP contribution < -0.4 is 0 Å². The standard InChI is InChI=1S/C45H26N4O/c46-27-37-43(31-23-22-28-12-7-8-15-30(28)24-31)47-45(29-13-3-1-4-14-29)48-44(37)34-19-11-20-38-42(34)36-26-41-35(33-18-9-10-21-40(33)50-41)25-39(36)49(38)32-16-5-2-6-17-32/h1-26H. The fraction of sp³-hybridized carbons (Fsp3) is 0. The third kappa shape index (κ3) is 4.26. The molecule has 0 unspecified atom stereocenters. The van der Waals surface area contributed by atoms with Crippen LogP contribution >= 0.6 is 0 Å². The first-order valence-electron chi connectivity index (χ1n) is 16.6. The molecule has 3 heterocycles. The van der Waals surface area contributed by atoms with Crippen molar-refractivity contribution in [3.8, 4) is 45.7 Å². The van der Waals surface area contributed by atoms with Crippen LogP contribution in [-0.2, 0) is 0 Å². The van der Waals surface area contributed by atoms with E-state index in [0.29, 0.717) is 22.8 Å². The van der Waals surface area contributed by atoms with Crippen LogP contribution in [0.1, 0.15) is 5.56 Å². The molecule has 0 spiro atoms. The molecule has 0 aliphatic heterocycles. The summed E-state index contributed by atoms with van der Waals surface area (Å²) < 4.78 is 8.71. The summed E-state index contributed by atoms with van der Waals surface area (Å²) in [7, 11) is 0. The molecule has 10 rings (SSSR count). The smallest absolute Gasteiger partial charge is 0.160 e. The van der Waals surface area contributed by atoms with Crippen LogP contribution in [0, 0.1) is 11.3 Å². The minimum atomic E-state index is 0.429. The van der Waals surface area contributed by atoms with Gasteiger partial charge in [0.15, 0.2) is 5.82 Å². The molecule has 5 heteroatoms. The minimum absolute atomic E-state index is 0.429. The Labute approximate surface area is 286 Å². The normalized spacial score (nSPS) is 11.6. The highest BCUT2D eigenvalue weighted by molar-refractivity contribution is 6.20. The highest BCUT2D eigenvalue weighted by Crippen LogP contribution is 2.43. The maximum absolute atomic E-state index is 10.9. The quantitative estimate of drug-likeness (QED) is 0.192. The van der Waals surface area contributed by atoms with Crippen molar-refractivity contribution >= 4 is 54.5 Å². The fourth-order valence-corrected chi connectivity index (χ4v) is 7.36. The molecular formula is C45H26N4O. The van der Waals surface area contributed by atoms with Gasteiger partial charge in [0.1, 0.15) is 22.8 Å². The second-order valence-electron chi connectivity index (χ2n) is 12.5. The first-order chi connectivity index (χ1) is 24.7. The van der Waals surface area contributed by atoms with E-state index in [4.69, 9.17) is 14.4 Å². The van der Waals surface area contributed by atoms with E-state index in [1.165, 1.54) is 0 Å². The van der Waals surface area contributed by atoms with Crippen LogP contribution in [0.5, 0.6) is 0 Å². The third-order valence-electron chi connectivity index (χ3n) is 9.63. The van der Waals surface area contributed by atoms with Crippen LogP contribution in [0.25, 0.3) is 94.1 Å². The Balaban J connectivity index is 1.34. The molecule has 5 nitrogen and oxygen atoms in total. The zero-order chi connectivity index (χ0) is 33.2. The molecule has 0 aliphatic carbocycles. The molecule has 50 heavy (non-hydrogen) atoms. The number of nitrogens with zero attached hydrogens (tertiary/aromatic N) is 4. The molecule has 0 aliphatic rings. The summed E-state index contributed by atoms with van der Waals surface area (Å²) in [6, 6.07) is 56.2. The summed E-state index contributed by atoms with van der Waals surface area (Å²) in [4.78, 5) is 10.3. The van der Waals surface area contributed by atoms with Gasteiger partial charge in [0.25, 0.3) is 0 Å². The van der Waals surface area contributed by atoms with Crippen LogP contribution in [0.4, 0.5) is 0 Å². The van der Waals surface area contributed by atoms with E-state index in [0.717, 1.165) is 76.9 Å². The van der Waals surface area contributed by atoms with E-state index in [9.17, 15) is 5.26 Å². The molecule has 7 aromatic carbocycles. The summed E-state index contributed by atoms with van der Waals surface area (Å²) in [6.45, 7) is 0. The lowest BCUT2D eigenvalue weighted by atomic mass is 9.95. The van der Waals surface area contributed by atoms with Gasteiger partial charge < -0.3 is 8.98 Å². The fourth-order valence-electron chi connectivity index (χ4n) is 7.36. The summed E-state index contributed by atoms with van der Waals surface area (Å²) in [5.74, 6) is 0.561. The number of aromatic nitrogens is 3. The Morgan fingerprint density at radius 3 is 2.10 bits per heavy atom. The maximum atomic E-state index is 10.9. The van der Waals surface area contributed by atoms with Gasteiger partial charge in [0, 0.05) is 43.9 Å². The molecule has 232 valence electrons. The molecule has 0 atom stereocenters. The summed E-state index contributed by atoms with van der Waals surface area (Å²) >= 11 is 0. The molecule has 0 amide bonds. The number of hydrogen-bond donors (Lipinski definition) is 0. The van der Waals surface area contributed by atoms with Crippen molar-refractivity contribution in [1.82, 2.24) is 14.5 Å². The predicted octanol–water partition coefficient (Wildman–Crippen LogP) is 11.5. The van der Waals surface area contributed by atoms with Crippen molar-refractivity contribution in [3.05, 3.63) is 163 Å². The van der Waals surface area contributed by atoms with E-state index in [-0.39, 0.29) is 0 Å². The maximum Gasteiger partial charge on any atom is 0.160 e. The van der Waals surface area contributed by atoms with Crippen molar-refractivity contribution in [2.75, 3.05) is 0 Å². The third-order valence-corrected chi connectivity index (χ3v) is 9.63. The number of para-hydroxylation sites is 2. The number of fused-ring (bicyclic) bond motifs is 7. The van der Waals surface area contributed by atoms with Gasteiger partial charge in [-0.3, -0.25) is 0 Å². The Hall–Kier alpha value is -7.03. The SMILES string of the molecule is N#Cc1c(-c2ccc3ccccc3c2)nc(-c2ccccc2)nc1-c1cccc2c1c1cc3oc4ccccc4c3cc1n2-c1ccccc1. The highest BCUT2D eigenvalue weighted by Gasteiger charge is 2.24. The molecule has 0 fully saturated rings. The lowest BCUT2D eigenvalue weighted by molar-refractivity contribution is 0.669. The van der Waals surface area contributed by atoms with Gasteiger partial charge in [-0.25, -0.2) is 9.97 Å². The molecule has 10 aromatic rings. The van der Waals surface area contributed by atoms with Gasteiger partial charge in [-0.1, -0.05) is 115 Å². The number of benzene rings is 7. The van der Waals surface area contributed by atoms with E-state index in [1.54, 1.807) is 0 Å². The van der Waals surface area contributed by atoms with Gasteiger partial charge in [-0.05, 0) is 53.2 Å². The van der Waals surface area contributed by atoms with Crippen LogP contribution in [0.3, 0.4) is 0 Å². The number of furan rings is 1. The molecule has 3 aromatic heterocycles. The van der Waals surface area contributed by atoms with Gasteiger partial charge in [0.2, 0.25) is 0 Å². The van der Waals surface area contributed by atoms with Crippen molar-refractivity contribution in [2.24, 2.45) is 0 Å². The number of hydrogen-bond acceptors (Lipinski definition) is 4. The first kappa shape index (κ1) is 28.0. The molecule has 0 saturated heterocycles. The zero-order valence-corrected chi connectivity index (χ0v) is 26.7. The largest absolute Gasteiger partial charge is 0.456 e. The lowest BCUT2D eigenvalue weighted by Crippen LogP contribution is -2.01. The number of nitriles is 1. The van der Waals surface area contributed by atoms with Crippen LogP contribution in [0.2, 0.25) is 0 Å². The average molecular weight is 639 g/mol. The second kappa shape index (κ2) is 11.0. The lowest BCUT2D eigenvalue weighted by Gasteiger charge is -2.14. The van der Waals surface area contributed by atoms with E-state index < -0.39 is 0 Å². The van der Waals surface area contributed by atoms with Gasteiger partial charge in [-0.15, -0.1) is 0 Å². The van der Waals surface area contributed by atoms with Gasteiger partial charge in [-0.2, -0.15) is 5.26 Å². The monoisotopic (exact) mass is 638 g/mol. The zero-order valence-electron chi connectivity index (χ0n) is 26.7. The van der Waals surface area contributed by atoms with Crippen LogP contribution in [0.15, 0.2) is 162 Å². The molecule has 0 radical (unpaired) electrons. The summed E-state index contributed by atoms with van der Waals surface area (Å²) in [5.41, 5.74) is 8.98. The van der Waals surface area contributed by atoms with Crippen molar-refractivity contribution in [1.29, 1.82) is 5.26 Å². The Bertz CT molecular complexity index is 2990. The van der Waals surface area contributed by atoms with E-state index in [2.05, 4.69) is 95.6 Å². The Morgan fingerprint density at radius 2 is 1.26 bits per heavy atom. The number of rotatable bonds is 4. The average Bonchev–Trinajstić information content (AvgIpc) is 3.71. The van der Waals surface area contributed by atoms with E-state index >= 15 is 0 Å². The minimum Gasteiger partial charge on any atom is -0.456 e. The van der Waals surface area contributed by atoms with Crippen molar-refractivity contribution < 1.29 is 4.42 Å². The van der Waals surface area contributed by atoms with Crippen molar-refractivity contribution in [2.45, 2.75) is 0 Å². The Kier molecular flexibility index (Phi) is 6.17. The predicted molar refractivity (Wildman–Crippen MR) is 202 cm³/mol. The van der Waals surface area contributed by atoms with Crippen molar-refractivity contribution in [3.63, 3.8) is 0 Å². The Morgan fingerprint density at radius 1 is 0.520 bits per heavy atom. The molecule has 0 N–H and O–H groups in total. The van der Waals surface area contributed by atoms with Crippen LogP contribution in [-0.4, -0.2) is 14.5 Å². The second-order valence-corrected chi connectivity index (χ2v) is 12.5. The summed E-state index contributed by atoms with van der Waals surface area (Å²) in [6.07, 6.45) is 0. The van der Waals surface area contributed by atoms with Gasteiger partial charge >= 0.3 is 0 Å². The van der Waals surface area contributed by atoms with Gasteiger partial charge in [0.05, 0.1) is 22.4 Å². The highest BCUT2D eigenvalue weighted by atomic mass is 16.3. The summed E-state index contributed by atoms with van der Waals surface area (Å²) in [5, 5.41) is 17.3. The molecule has 0 bridgehead atoms. The molecular weight excluding hydrogens is 613 g/mol.